The van der Waals surface area contributed by atoms with Gasteiger partial charge in [-0.25, -0.2) is 0 Å². The van der Waals surface area contributed by atoms with Crippen molar-refractivity contribution in [1.82, 2.24) is 4.98 Å². The molecule has 2 N–H and O–H groups in total. The van der Waals surface area contributed by atoms with Crippen molar-refractivity contribution >= 4 is 45.4 Å². The third-order valence-electron chi connectivity index (χ3n) is 2.03. The van der Waals surface area contributed by atoms with Gasteiger partial charge in [-0.05, 0) is 30.4 Å². The van der Waals surface area contributed by atoms with Crippen molar-refractivity contribution in [2.45, 2.75) is 13.3 Å². The van der Waals surface area contributed by atoms with Crippen LogP contribution < -0.4 is 5.32 Å². The lowest BCUT2D eigenvalue weighted by atomic mass is 10.3. The summed E-state index contributed by atoms with van der Waals surface area (Å²) in [5, 5.41) is 2.81. The number of nitrogens with one attached hydrogen (secondary N) is 2. The van der Waals surface area contributed by atoms with Crippen molar-refractivity contribution in [3.05, 3.63) is 22.2 Å². The Hall–Kier alpha value is -1.20. The smallest absolute Gasteiger partial charge is 0.224 e. The molecular formula is C10H10N2OS2. The summed E-state index contributed by atoms with van der Waals surface area (Å²) >= 11 is 6.55. The number of amides is 1. The average Bonchev–Trinajstić information content (AvgIpc) is 2.57. The summed E-state index contributed by atoms with van der Waals surface area (Å²) in [7, 11) is 0. The minimum Gasteiger partial charge on any atom is -0.337 e. The minimum atomic E-state index is 0.0217. The normalized spacial score (nSPS) is 10.5. The van der Waals surface area contributed by atoms with Gasteiger partial charge in [-0.2, -0.15) is 0 Å². The Labute approximate surface area is 96.1 Å². The predicted octanol–water partition coefficient (Wildman–Crippen LogP) is 3.31. The summed E-state index contributed by atoms with van der Waals surface area (Å²) in [5.41, 5.74) is 1.83. The number of thiazole rings is 1. The number of aromatic amines is 1. The molecule has 2 aromatic rings. The van der Waals surface area contributed by atoms with Crippen molar-refractivity contribution < 1.29 is 4.79 Å². The van der Waals surface area contributed by atoms with Crippen LogP contribution in [0.4, 0.5) is 5.69 Å². The van der Waals surface area contributed by atoms with Crippen LogP contribution in [0.2, 0.25) is 0 Å². The third kappa shape index (κ3) is 2.24. The molecule has 0 saturated heterocycles. The molecule has 2 rings (SSSR count). The van der Waals surface area contributed by atoms with Gasteiger partial charge in [0.15, 0.2) is 3.95 Å². The number of hydrogen-bond donors (Lipinski definition) is 2. The van der Waals surface area contributed by atoms with Gasteiger partial charge in [0.1, 0.15) is 0 Å². The molecule has 1 amide bonds. The fraction of sp³-hybridized carbons (Fsp3) is 0.200. The largest absolute Gasteiger partial charge is 0.337 e. The molecular weight excluding hydrogens is 228 g/mol. The van der Waals surface area contributed by atoms with E-state index in [0.717, 1.165) is 19.9 Å². The van der Waals surface area contributed by atoms with Crippen molar-refractivity contribution in [1.29, 1.82) is 0 Å². The Balaban J connectivity index is 2.38. The quantitative estimate of drug-likeness (QED) is 0.788. The lowest BCUT2D eigenvalue weighted by Gasteiger charge is -2.02. The molecule has 78 valence electrons. The van der Waals surface area contributed by atoms with Gasteiger partial charge in [0.25, 0.3) is 0 Å². The number of fused-ring (bicyclic) bond motifs is 1. The topological polar surface area (TPSA) is 44.9 Å². The zero-order valence-electron chi connectivity index (χ0n) is 8.16. The van der Waals surface area contributed by atoms with Crippen LogP contribution in [0.3, 0.4) is 0 Å². The number of carbonyl (C=O) groups excluding carboxylic acids is 1. The molecule has 1 aromatic heterocycles. The van der Waals surface area contributed by atoms with Gasteiger partial charge in [0.05, 0.1) is 10.2 Å². The highest BCUT2D eigenvalue weighted by Gasteiger charge is 2.01. The molecule has 0 unspecified atom stereocenters. The Bertz CT molecular complexity index is 556. The van der Waals surface area contributed by atoms with E-state index in [0.29, 0.717) is 6.42 Å². The summed E-state index contributed by atoms with van der Waals surface area (Å²) in [6.45, 7) is 1.83. The molecule has 0 bridgehead atoms. The van der Waals surface area contributed by atoms with E-state index in [1.165, 1.54) is 11.3 Å². The molecule has 0 aliphatic carbocycles. The molecule has 0 atom stereocenters. The van der Waals surface area contributed by atoms with Crippen LogP contribution in [0.15, 0.2) is 18.2 Å². The second kappa shape index (κ2) is 4.12. The maximum atomic E-state index is 11.2. The van der Waals surface area contributed by atoms with Gasteiger partial charge in [-0.3, -0.25) is 4.79 Å². The zero-order chi connectivity index (χ0) is 10.8. The molecule has 1 heterocycles. The van der Waals surface area contributed by atoms with E-state index in [1.807, 2.05) is 25.1 Å². The molecule has 0 fully saturated rings. The Morgan fingerprint density at radius 2 is 2.40 bits per heavy atom. The Morgan fingerprint density at radius 3 is 3.13 bits per heavy atom. The number of carbonyl (C=O) groups is 1. The van der Waals surface area contributed by atoms with Gasteiger partial charge >= 0.3 is 0 Å². The number of anilines is 1. The highest BCUT2D eigenvalue weighted by molar-refractivity contribution is 7.73. The number of benzene rings is 1. The van der Waals surface area contributed by atoms with Crippen LogP contribution in [-0.2, 0) is 4.79 Å². The SMILES string of the molecule is CCC(=O)Nc1ccc2[nH]c(=S)sc2c1. The molecule has 0 saturated carbocycles. The Morgan fingerprint density at radius 1 is 1.60 bits per heavy atom. The van der Waals surface area contributed by atoms with Gasteiger partial charge in [-0.15, -0.1) is 11.3 Å². The van der Waals surface area contributed by atoms with E-state index < -0.39 is 0 Å². The van der Waals surface area contributed by atoms with Crippen LogP contribution >= 0.6 is 23.6 Å². The van der Waals surface area contributed by atoms with Crippen LogP contribution in [0, 0.1) is 3.95 Å². The molecule has 0 aliphatic heterocycles. The zero-order valence-corrected chi connectivity index (χ0v) is 9.80. The summed E-state index contributed by atoms with van der Waals surface area (Å²) < 4.78 is 1.82. The van der Waals surface area contributed by atoms with Gasteiger partial charge < -0.3 is 10.3 Å². The summed E-state index contributed by atoms with van der Waals surface area (Å²) in [6, 6.07) is 5.72. The average molecular weight is 238 g/mol. The van der Waals surface area contributed by atoms with Gasteiger partial charge in [0, 0.05) is 12.1 Å². The van der Waals surface area contributed by atoms with E-state index in [4.69, 9.17) is 12.2 Å². The number of H-pyrrole nitrogens is 1. The first-order valence-corrected chi connectivity index (χ1v) is 5.84. The van der Waals surface area contributed by atoms with E-state index in [9.17, 15) is 4.79 Å². The minimum absolute atomic E-state index is 0.0217. The second-order valence-electron chi connectivity index (χ2n) is 3.13. The summed E-state index contributed by atoms with van der Waals surface area (Å²) in [4.78, 5) is 14.3. The maximum absolute atomic E-state index is 11.2. The first-order valence-electron chi connectivity index (χ1n) is 4.62. The number of hydrogen-bond acceptors (Lipinski definition) is 3. The first kappa shape index (κ1) is 10.3. The van der Waals surface area contributed by atoms with Gasteiger partial charge in [0.2, 0.25) is 5.91 Å². The first-order chi connectivity index (χ1) is 7.19. The van der Waals surface area contributed by atoms with Crippen LogP contribution in [0.25, 0.3) is 10.2 Å². The standard InChI is InChI=1S/C10H10N2OS2/c1-2-9(13)11-6-3-4-7-8(5-6)15-10(14)12-7/h3-5H,2H2,1H3,(H,11,13)(H,12,14). The van der Waals surface area contributed by atoms with E-state index in [1.54, 1.807) is 0 Å². The lowest BCUT2D eigenvalue weighted by molar-refractivity contribution is -0.115. The molecule has 0 radical (unpaired) electrons. The van der Waals surface area contributed by atoms with Crippen molar-refractivity contribution in [3.8, 4) is 0 Å². The molecule has 0 aliphatic rings. The monoisotopic (exact) mass is 238 g/mol. The Kier molecular flexibility index (Phi) is 2.83. The van der Waals surface area contributed by atoms with Crippen LogP contribution in [0.5, 0.6) is 0 Å². The number of rotatable bonds is 2. The molecule has 5 heteroatoms. The van der Waals surface area contributed by atoms with Crippen molar-refractivity contribution in [3.63, 3.8) is 0 Å². The predicted molar refractivity (Wildman–Crippen MR) is 65.9 cm³/mol. The third-order valence-corrected chi connectivity index (χ3v) is 3.22. The molecule has 3 nitrogen and oxygen atoms in total. The van der Waals surface area contributed by atoms with E-state index >= 15 is 0 Å². The van der Waals surface area contributed by atoms with Gasteiger partial charge in [-0.1, -0.05) is 6.92 Å². The van der Waals surface area contributed by atoms with Crippen molar-refractivity contribution in [2.24, 2.45) is 0 Å². The lowest BCUT2D eigenvalue weighted by Crippen LogP contribution is -2.08. The fourth-order valence-corrected chi connectivity index (χ4v) is 2.43. The maximum Gasteiger partial charge on any atom is 0.224 e. The second-order valence-corrected chi connectivity index (χ2v) is 4.85. The van der Waals surface area contributed by atoms with E-state index in [-0.39, 0.29) is 5.91 Å². The number of aromatic nitrogens is 1. The highest BCUT2D eigenvalue weighted by atomic mass is 32.1. The molecule has 0 spiro atoms. The fourth-order valence-electron chi connectivity index (χ4n) is 1.27. The van der Waals surface area contributed by atoms with Crippen LogP contribution in [-0.4, -0.2) is 10.9 Å². The summed E-state index contributed by atoms with van der Waals surface area (Å²) in [6.07, 6.45) is 0.487. The molecule has 15 heavy (non-hydrogen) atoms. The van der Waals surface area contributed by atoms with Crippen molar-refractivity contribution in [2.75, 3.05) is 5.32 Å². The molecule has 1 aromatic carbocycles. The van der Waals surface area contributed by atoms with E-state index in [2.05, 4.69) is 10.3 Å². The highest BCUT2D eigenvalue weighted by Crippen LogP contribution is 2.23. The van der Waals surface area contributed by atoms with Crippen LogP contribution in [0.1, 0.15) is 13.3 Å². The summed E-state index contributed by atoms with van der Waals surface area (Å²) in [5.74, 6) is 0.0217.